The van der Waals surface area contributed by atoms with E-state index in [0.29, 0.717) is 19.4 Å². The predicted octanol–water partition coefficient (Wildman–Crippen LogP) is 3.55. The Labute approximate surface area is 114 Å². The second-order valence-electron chi connectivity index (χ2n) is 4.53. The van der Waals surface area contributed by atoms with Crippen LogP contribution in [-0.2, 0) is 22.6 Å². The summed E-state index contributed by atoms with van der Waals surface area (Å²) in [5.74, 6) is 1.83. The van der Waals surface area contributed by atoms with Crippen LogP contribution in [0.1, 0.15) is 24.9 Å². The van der Waals surface area contributed by atoms with Crippen LogP contribution in [0, 0.1) is 6.92 Å². The topological polar surface area (TPSA) is 39.4 Å². The quantitative estimate of drug-likeness (QED) is 0.764. The highest BCUT2D eigenvalue weighted by Crippen LogP contribution is 2.09. The van der Waals surface area contributed by atoms with Crippen LogP contribution in [-0.4, -0.2) is 12.4 Å². The van der Waals surface area contributed by atoms with E-state index in [2.05, 4.69) is 0 Å². The van der Waals surface area contributed by atoms with Gasteiger partial charge in [0.05, 0.1) is 6.61 Å². The van der Waals surface area contributed by atoms with E-state index in [0.717, 1.165) is 17.1 Å². The molecule has 0 fully saturated rings. The summed E-state index contributed by atoms with van der Waals surface area (Å²) in [6, 6.07) is 13.7. The van der Waals surface area contributed by atoms with E-state index in [1.165, 1.54) is 0 Å². The zero-order valence-electron chi connectivity index (χ0n) is 11.1. The third-order valence-corrected chi connectivity index (χ3v) is 2.82. The maximum Gasteiger partial charge on any atom is 0.158 e. The maximum absolute atomic E-state index is 11.6. The molecule has 1 aromatic heterocycles. The van der Waals surface area contributed by atoms with Crippen molar-refractivity contribution in [2.45, 2.75) is 26.4 Å². The Balaban J connectivity index is 0.00000200. The van der Waals surface area contributed by atoms with Gasteiger partial charge in [0.25, 0.3) is 0 Å². The summed E-state index contributed by atoms with van der Waals surface area (Å²) in [6.07, 6.45) is 1.10. The Hall–Kier alpha value is -1.87. The van der Waals surface area contributed by atoms with Gasteiger partial charge in [-0.25, -0.2) is 0 Å². The number of benzene rings is 1. The summed E-state index contributed by atoms with van der Waals surface area (Å²) in [7, 11) is 0. The molecule has 1 heterocycles. The van der Waals surface area contributed by atoms with E-state index in [-0.39, 0.29) is 13.8 Å². The van der Waals surface area contributed by atoms with Crippen LogP contribution in [0.15, 0.2) is 46.9 Å². The van der Waals surface area contributed by atoms with Crippen molar-refractivity contribution in [1.29, 1.82) is 0 Å². The molecule has 0 unspecified atom stereocenters. The average molecular weight is 260 g/mol. The fourth-order valence-electron chi connectivity index (χ4n) is 1.81. The van der Waals surface area contributed by atoms with E-state index >= 15 is 0 Å². The lowest BCUT2D eigenvalue weighted by Crippen LogP contribution is -2.09. The zero-order valence-corrected chi connectivity index (χ0v) is 11.1. The first kappa shape index (κ1) is 13.6. The van der Waals surface area contributed by atoms with Crippen molar-refractivity contribution < 1.29 is 15.4 Å². The van der Waals surface area contributed by atoms with E-state index in [1.54, 1.807) is 0 Å². The molecule has 0 aliphatic carbocycles. The van der Waals surface area contributed by atoms with Crippen LogP contribution in [0.2, 0.25) is 0 Å². The van der Waals surface area contributed by atoms with Gasteiger partial charge in [0.2, 0.25) is 0 Å². The summed E-state index contributed by atoms with van der Waals surface area (Å²) >= 11 is 0. The molecule has 1 aromatic carbocycles. The predicted molar refractivity (Wildman–Crippen MR) is 75.0 cm³/mol. The van der Waals surface area contributed by atoms with Gasteiger partial charge in [0, 0.05) is 14.3 Å². The molecule has 2 rings (SSSR count). The molecule has 0 amide bonds. The van der Waals surface area contributed by atoms with Crippen molar-refractivity contribution in [2.24, 2.45) is 0 Å². The number of hydrogen-bond donors (Lipinski definition) is 0. The fraction of sp³-hybridized carbons (Fsp3) is 0.312. The molecule has 0 spiro atoms. The Kier molecular flexibility index (Phi) is 4.93. The minimum absolute atomic E-state index is 0. The zero-order chi connectivity index (χ0) is 13.5. The average Bonchev–Trinajstić information content (AvgIpc) is 2.83. The standard InChI is InChI=1S/C16H18O3.H2/c1-13-7-9-16(19-13)10-8-15(17)12-18-11-14-5-3-2-4-6-14;/h2-7,9H,8,10-12H2,1H3;1H. The summed E-state index contributed by atoms with van der Waals surface area (Å²) < 4.78 is 10.8. The lowest BCUT2D eigenvalue weighted by atomic mass is 10.2. The Morgan fingerprint density at radius 2 is 2.00 bits per heavy atom. The fourth-order valence-corrected chi connectivity index (χ4v) is 1.81. The van der Waals surface area contributed by atoms with Crippen LogP contribution in [0.3, 0.4) is 0 Å². The Morgan fingerprint density at radius 1 is 1.21 bits per heavy atom. The van der Waals surface area contributed by atoms with E-state index in [1.807, 2.05) is 49.4 Å². The van der Waals surface area contributed by atoms with Gasteiger partial charge < -0.3 is 9.15 Å². The lowest BCUT2D eigenvalue weighted by Gasteiger charge is -2.03. The Morgan fingerprint density at radius 3 is 2.68 bits per heavy atom. The molecular formula is C16H20O3. The molecule has 0 radical (unpaired) electrons. The molecule has 0 bridgehead atoms. The van der Waals surface area contributed by atoms with Crippen molar-refractivity contribution in [1.82, 2.24) is 0 Å². The molecule has 0 saturated heterocycles. The van der Waals surface area contributed by atoms with E-state index in [4.69, 9.17) is 9.15 Å². The number of carbonyl (C=O) groups excluding carboxylic acids is 1. The van der Waals surface area contributed by atoms with Gasteiger partial charge in [-0.3, -0.25) is 4.79 Å². The molecule has 3 heteroatoms. The maximum atomic E-state index is 11.6. The van der Waals surface area contributed by atoms with Crippen LogP contribution in [0.4, 0.5) is 0 Å². The third-order valence-electron chi connectivity index (χ3n) is 2.82. The largest absolute Gasteiger partial charge is 0.466 e. The van der Waals surface area contributed by atoms with Gasteiger partial charge in [-0.1, -0.05) is 30.3 Å². The monoisotopic (exact) mass is 260 g/mol. The first-order valence-electron chi connectivity index (χ1n) is 6.43. The number of carbonyl (C=O) groups is 1. The summed E-state index contributed by atoms with van der Waals surface area (Å²) in [4.78, 5) is 11.6. The number of furan rings is 1. The SMILES string of the molecule is Cc1ccc(CCC(=O)COCc2ccccc2)o1.[HH]. The van der Waals surface area contributed by atoms with Crippen molar-refractivity contribution in [3.8, 4) is 0 Å². The minimum atomic E-state index is 0. The number of hydrogen-bond acceptors (Lipinski definition) is 3. The number of ketones is 1. The third kappa shape index (κ3) is 4.72. The smallest absolute Gasteiger partial charge is 0.158 e. The van der Waals surface area contributed by atoms with Crippen LogP contribution in [0.5, 0.6) is 0 Å². The van der Waals surface area contributed by atoms with Gasteiger partial charge >= 0.3 is 0 Å². The summed E-state index contributed by atoms with van der Waals surface area (Å²) in [6.45, 7) is 2.54. The highest BCUT2D eigenvalue weighted by atomic mass is 16.5. The molecule has 0 aliphatic rings. The molecule has 0 atom stereocenters. The molecule has 0 N–H and O–H groups in total. The van der Waals surface area contributed by atoms with E-state index in [9.17, 15) is 4.79 Å². The molecule has 0 aliphatic heterocycles. The Bertz CT molecular complexity index is 520. The molecule has 0 saturated carbocycles. The van der Waals surface area contributed by atoms with Crippen LogP contribution >= 0.6 is 0 Å². The summed E-state index contributed by atoms with van der Waals surface area (Å²) in [5, 5.41) is 0. The number of Topliss-reactive ketones (excluding diaryl/α,β-unsaturated/α-hetero) is 1. The highest BCUT2D eigenvalue weighted by molar-refractivity contribution is 5.79. The first-order valence-corrected chi connectivity index (χ1v) is 6.43. The van der Waals surface area contributed by atoms with Crippen molar-refractivity contribution in [2.75, 3.05) is 6.61 Å². The second-order valence-corrected chi connectivity index (χ2v) is 4.53. The van der Waals surface area contributed by atoms with Crippen LogP contribution in [0.25, 0.3) is 0 Å². The van der Waals surface area contributed by atoms with Gasteiger partial charge in [-0.15, -0.1) is 0 Å². The highest BCUT2D eigenvalue weighted by Gasteiger charge is 2.05. The molecule has 19 heavy (non-hydrogen) atoms. The van der Waals surface area contributed by atoms with Crippen molar-refractivity contribution in [3.63, 3.8) is 0 Å². The molecule has 102 valence electrons. The van der Waals surface area contributed by atoms with Gasteiger partial charge in [0.1, 0.15) is 18.1 Å². The van der Waals surface area contributed by atoms with Gasteiger partial charge in [-0.2, -0.15) is 0 Å². The molecular weight excluding hydrogens is 240 g/mol. The number of ether oxygens (including phenoxy) is 1. The normalized spacial score (nSPS) is 10.6. The van der Waals surface area contributed by atoms with E-state index < -0.39 is 0 Å². The van der Waals surface area contributed by atoms with Crippen molar-refractivity contribution >= 4 is 5.78 Å². The first-order chi connectivity index (χ1) is 9.24. The van der Waals surface area contributed by atoms with Gasteiger partial charge in [-0.05, 0) is 24.6 Å². The second kappa shape index (κ2) is 6.90. The summed E-state index contributed by atoms with van der Waals surface area (Å²) in [5.41, 5.74) is 1.08. The number of aryl methyl sites for hydroxylation is 2. The minimum Gasteiger partial charge on any atom is -0.466 e. The van der Waals surface area contributed by atoms with Crippen LogP contribution < -0.4 is 0 Å². The lowest BCUT2D eigenvalue weighted by molar-refractivity contribution is -0.124. The molecule has 3 nitrogen and oxygen atoms in total. The number of rotatable bonds is 7. The molecule has 2 aromatic rings. The van der Waals surface area contributed by atoms with Gasteiger partial charge in [0.15, 0.2) is 5.78 Å². The van der Waals surface area contributed by atoms with Crippen molar-refractivity contribution in [3.05, 3.63) is 59.5 Å².